The highest BCUT2D eigenvalue weighted by Gasteiger charge is 2.30. The zero-order valence-corrected chi connectivity index (χ0v) is 8.30. The molecule has 0 spiro atoms. The molecule has 0 aliphatic rings. The van der Waals surface area contributed by atoms with Crippen LogP contribution < -0.4 is 0 Å². The van der Waals surface area contributed by atoms with Crippen LogP contribution in [0.1, 0.15) is 33.6 Å². The number of aliphatic hydroxyl groups is 2. The lowest BCUT2D eigenvalue weighted by Crippen LogP contribution is -2.36. The Labute approximate surface area is 74.9 Å². The smallest absolute Gasteiger partial charge is 0.0705 e. The van der Waals surface area contributed by atoms with Crippen molar-refractivity contribution in [2.75, 3.05) is 6.61 Å². The molecule has 1 atom stereocenters. The molecule has 0 amide bonds. The first-order valence-corrected chi connectivity index (χ1v) is 4.52. The Hall–Kier alpha value is -0.340. The van der Waals surface area contributed by atoms with Gasteiger partial charge in [-0.3, -0.25) is 0 Å². The van der Waals surface area contributed by atoms with Gasteiger partial charge in [0.1, 0.15) is 0 Å². The van der Waals surface area contributed by atoms with Crippen molar-refractivity contribution in [3.8, 4) is 0 Å². The zero-order valence-electron chi connectivity index (χ0n) is 8.30. The molecule has 72 valence electrons. The van der Waals surface area contributed by atoms with E-state index >= 15 is 0 Å². The molecular formula is C10H20O2. The van der Waals surface area contributed by atoms with E-state index in [1.807, 2.05) is 20.8 Å². The molecule has 12 heavy (non-hydrogen) atoms. The first-order chi connectivity index (χ1) is 5.51. The van der Waals surface area contributed by atoms with Crippen molar-refractivity contribution in [1.29, 1.82) is 0 Å². The van der Waals surface area contributed by atoms with Crippen molar-refractivity contribution in [3.05, 3.63) is 12.2 Å². The van der Waals surface area contributed by atoms with Gasteiger partial charge in [0.2, 0.25) is 0 Å². The average Bonchev–Trinajstić information content (AvgIpc) is 2.14. The molecule has 0 fully saturated rings. The quantitative estimate of drug-likeness (QED) is 0.620. The zero-order chi connectivity index (χ0) is 9.78. The number of rotatable bonds is 5. The van der Waals surface area contributed by atoms with Crippen LogP contribution in [-0.2, 0) is 0 Å². The normalized spacial score (nSPS) is 14.4. The number of aliphatic hydroxyl groups excluding tert-OH is 1. The van der Waals surface area contributed by atoms with E-state index in [0.29, 0.717) is 18.4 Å². The Morgan fingerprint density at radius 2 is 1.83 bits per heavy atom. The largest absolute Gasteiger partial charge is 0.392 e. The molecule has 0 saturated carbocycles. The second-order valence-corrected chi connectivity index (χ2v) is 3.35. The van der Waals surface area contributed by atoms with Crippen molar-refractivity contribution < 1.29 is 10.2 Å². The summed E-state index contributed by atoms with van der Waals surface area (Å²) in [6.07, 6.45) is 1.40. The topological polar surface area (TPSA) is 40.5 Å². The van der Waals surface area contributed by atoms with E-state index in [1.54, 1.807) is 0 Å². The van der Waals surface area contributed by atoms with Crippen LogP contribution in [0.3, 0.4) is 0 Å². The van der Waals surface area contributed by atoms with Gasteiger partial charge in [0.15, 0.2) is 0 Å². The Kier molecular flexibility index (Phi) is 4.50. The number of hydrogen-bond acceptors (Lipinski definition) is 2. The van der Waals surface area contributed by atoms with Crippen LogP contribution in [0.4, 0.5) is 0 Å². The van der Waals surface area contributed by atoms with Crippen LogP contribution in [0, 0.1) is 5.92 Å². The van der Waals surface area contributed by atoms with E-state index < -0.39 is 5.60 Å². The van der Waals surface area contributed by atoms with Gasteiger partial charge in [-0.15, -0.1) is 0 Å². The molecule has 0 aromatic carbocycles. The minimum atomic E-state index is -0.695. The molecule has 1 unspecified atom stereocenters. The monoisotopic (exact) mass is 172 g/mol. The van der Waals surface area contributed by atoms with Crippen molar-refractivity contribution in [1.82, 2.24) is 0 Å². The van der Waals surface area contributed by atoms with Gasteiger partial charge >= 0.3 is 0 Å². The SMILES string of the molecule is C=C(CO)C(C)C(O)(CC)CC. The van der Waals surface area contributed by atoms with Gasteiger partial charge in [0.05, 0.1) is 12.2 Å². The van der Waals surface area contributed by atoms with Crippen LogP contribution in [-0.4, -0.2) is 22.4 Å². The number of hydrogen-bond donors (Lipinski definition) is 2. The van der Waals surface area contributed by atoms with Crippen LogP contribution in [0.2, 0.25) is 0 Å². The van der Waals surface area contributed by atoms with Gasteiger partial charge < -0.3 is 10.2 Å². The van der Waals surface area contributed by atoms with E-state index in [-0.39, 0.29) is 12.5 Å². The van der Waals surface area contributed by atoms with Gasteiger partial charge in [0.25, 0.3) is 0 Å². The standard InChI is InChI=1S/C10H20O2/c1-5-10(12,6-2)9(4)8(3)7-11/h9,11-12H,3,5-7H2,1-2,4H3. The molecule has 0 aromatic rings. The van der Waals surface area contributed by atoms with Gasteiger partial charge in [-0.1, -0.05) is 27.4 Å². The summed E-state index contributed by atoms with van der Waals surface area (Å²) < 4.78 is 0. The van der Waals surface area contributed by atoms with Crippen molar-refractivity contribution in [2.45, 2.75) is 39.2 Å². The second-order valence-electron chi connectivity index (χ2n) is 3.35. The fourth-order valence-electron chi connectivity index (χ4n) is 1.38. The highest BCUT2D eigenvalue weighted by Crippen LogP contribution is 2.29. The summed E-state index contributed by atoms with van der Waals surface area (Å²) in [6.45, 7) is 9.49. The maximum atomic E-state index is 10.0. The molecule has 0 aliphatic heterocycles. The van der Waals surface area contributed by atoms with Gasteiger partial charge in [0, 0.05) is 5.92 Å². The lowest BCUT2D eigenvalue weighted by molar-refractivity contribution is -0.00860. The van der Waals surface area contributed by atoms with Crippen LogP contribution >= 0.6 is 0 Å². The molecule has 0 radical (unpaired) electrons. The van der Waals surface area contributed by atoms with E-state index in [1.165, 1.54) is 0 Å². The highest BCUT2D eigenvalue weighted by molar-refractivity contribution is 5.06. The molecular weight excluding hydrogens is 152 g/mol. The Morgan fingerprint density at radius 3 is 2.08 bits per heavy atom. The summed E-state index contributed by atoms with van der Waals surface area (Å²) in [6, 6.07) is 0. The van der Waals surface area contributed by atoms with Crippen molar-refractivity contribution in [2.24, 2.45) is 5.92 Å². The van der Waals surface area contributed by atoms with Crippen LogP contribution in [0.5, 0.6) is 0 Å². The third-order valence-corrected chi connectivity index (χ3v) is 2.85. The molecule has 0 aliphatic carbocycles. The van der Waals surface area contributed by atoms with Crippen molar-refractivity contribution in [3.63, 3.8) is 0 Å². The Bertz CT molecular complexity index is 148. The third kappa shape index (κ3) is 2.32. The van der Waals surface area contributed by atoms with Crippen LogP contribution in [0.25, 0.3) is 0 Å². The minimum absolute atomic E-state index is 0.0301. The molecule has 2 heteroatoms. The predicted octanol–water partition coefficient (Wildman–Crippen LogP) is 1.72. The Morgan fingerprint density at radius 1 is 1.42 bits per heavy atom. The van der Waals surface area contributed by atoms with Gasteiger partial charge in [-0.05, 0) is 18.4 Å². The summed E-state index contributed by atoms with van der Waals surface area (Å²) in [5, 5.41) is 18.9. The molecule has 2 N–H and O–H groups in total. The highest BCUT2D eigenvalue weighted by atomic mass is 16.3. The summed E-state index contributed by atoms with van der Waals surface area (Å²) in [5.41, 5.74) is 0.0148. The summed E-state index contributed by atoms with van der Waals surface area (Å²) >= 11 is 0. The van der Waals surface area contributed by atoms with E-state index in [2.05, 4.69) is 6.58 Å². The molecule has 0 rings (SSSR count). The van der Waals surface area contributed by atoms with Gasteiger partial charge in [-0.25, -0.2) is 0 Å². The molecule has 0 aromatic heterocycles. The third-order valence-electron chi connectivity index (χ3n) is 2.85. The van der Waals surface area contributed by atoms with Crippen LogP contribution in [0.15, 0.2) is 12.2 Å². The lowest BCUT2D eigenvalue weighted by atomic mass is 9.80. The summed E-state index contributed by atoms with van der Waals surface area (Å²) in [5.74, 6) is -0.0301. The maximum Gasteiger partial charge on any atom is 0.0705 e. The predicted molar refractivity (Wildman–Crippen MR) is 50.9 cm³/mol. The summed E-state index contributed by atoms with van der Waals surface area (Å²) in [4.78, 5) is 0. The van der Waals surface area contributed by atoms with E-state index in [0.717, 1.165) is 0 Å². The molecule has 0 saturated heterocycles. The first kappa shape index (κ1) is 11.7. The fourth-order valence-corrected chi connectivity index (χ4v) is 1.38. The minimum Gasteiger partial charge on any atom is -0.392 e. The molecule has 2 nitrogen and oxygen atoms in total. The first-order valence-electron chi connectivity index (χ1n) is 4.52. The average molecular weight is 172 g/mol. The summed E-state index contributed by atoms with van der Waals surface area (Å²) in [7, 11) is 0. The molecule has 0 bridgehead atoms. The van der Waals surface area contributed by atoms with Crippen molar-refractivity contribution >= 4 is 0 Å². The lowest BCUT2D eigenvalue weighted by Gasteiger charge is -2.33. The fraction of sp³-hybridized carbons (Fsp3) is 0.800. The second kappa shape index (κ2) is 4.63. The molecule has 0 heterocycles. The Balaban J connectivity index is 4.40. The maximum absolute atomic E-state index is 10.0. The van der Waals surface area contributed by atoms with E-state index in [9.17, 15) is 5.11 Å². The van der Waals surface area contributed by atoms with Gasteiger partial charge in [-0.2, -0.15) is 0 Å². The van der Waals surface area contributed by atoms with E-state index in [4.69, 9.17) is 5.11 Å².